The maximum absolute atomic E-state index is 13.1. The highest BCUT2D eigenvalue weighted by atomic mass is 35.5. The molecule has 17 heavy (non-hydrogen) atoms. The fourth-order valence-corrected chi connectivity index (χ4v) is 1.90. The first-order chi connectivity index (χ1) is 8.08. The Hall–Kier alpha value is -1.39. The fourth-order valence-electron chi connectivity index (χ4n) is 1.70. The van der Waals surface area contributed by atoms with Crippen molar-refractivity contribution in [3.8, 4) is 0 Å². The van der Waals surface area contributed by atoms with Gasteiger partial charge in [0, 0.05) is 18.5 Å². The number of hydrogen-bond donors (Lipinski definition) is 1. The van der Waals surface area contributed by atoms with Crippen LogP contribution in [-0.4, -0.2) is 14.7 Å². The molecule has 0 saturated heterocycles. The Morgan fingerprint density at radius 3 is 2.94 bits per heavy atom. The van der Waals surface area contributed by atoms with E-state index >= 15 is 0 Å². The largest absolute Gasteiger partial charge is 0.386 e. The van der Waals surface area contributed by atoms with Crippen molar-refractivity contribution in [2.75, 3.05) is 0 Å². The van der Waals surface area contributed by atoms with Crippen LogP contribution in [-0.2, 0) is 13.5 Å². The molecule has 1 aromatic carbocycles. The van der Waals surface area contributed by atoms with E-state index in [9.17, 15) is 9.50 Å². The zero-order valence-electron chi connectivity index (χ0n) is 9.27. The summed E-state index contributed by atoms with van der Waals surface area (Å²) in [5, 5.41) is 10.5. The number of rotatable bonds is 3. The van der Waals surface area contributed by atoms with Crippen LogP contribution in [0.3, 0.4) is 0 Å². The van der Waals surface area contributed by atoms with Gasteiger partial charge in [0.15, 0.2) is 0 Å². The zero-order chi connectivity index (χ0) is 12.4. The molecule has 0 saturated carbocycles. The van der Waals surface area contributed by atoms with Crippen LogP contribution in [0.15, 0.2) is 30.7 Å². The van der Waals surface area contributed by atoms with E-state index in [0.717, 1.165) is 0 Å². The number of imidazole rings is 1. The van der Waals surface area contributed by atoms with Crippen LogP contribution in [0.25, 0.3) is 0 Å². The van der Waals surface area contributed by atoms with Crippen molar-refractivity contribution in [1.29, 1.82) is 0 Å². The van der Waals surface area contributed by atoms with Gasteiger partial charge in [-0.1, -0.05) is 11.6 Å². The molecular formula is C12H12ClFN2O. The fraction of sp³-hybridized carbons (Fsp3) is 0.250. The minimum absolute atomic E-state index is 0.260. The van der Waals surface area contributed by atoms with E-state index in [2.05, 4.69) is 4.98 Å². The molecule has 1 aromatic heterocycles. The molecule has 0 bridgehead atoms. The number of hydrogen-bond acceptors (Lipinski definition) is 2. The summed E-state index contributed by atoms with van der Waals surface area (Å²) in [6.45, 7) is 0. The Balaban J connectivity index is 2.21. The highest BCUT2D eigenvalue weighted by Crippen LogP contribution is 2.23. The number of aliphatic hydroxyl groups is 1. The van der Waals surface area contributed by atoms with E-state index in [4.69, 9.17) is 11.6 Å². The Morgan fingerprint density at radius 2 is 2.29 bits per heavy atom. The second-order valence-electron chi connectivity index (χ2n) is 3.89. The van der Waals surface area contributed by atoms with Crippen LogP contribution in [0.2, 0.25) is 5.02 Å². The lowest BCUT2D eigenvalue weighted by Crippen LogP contribution is -2.07. The van der Waals surface area contributed by atoms with Gasteiger partial charge in [0.05, 0.1) is 24.3 Å². The third-order valence-electron chi connectivity index (χ3n) is 2.62. The lowest BCUT2D eigenvalue weighted by Gasteiger charge is -2.12. The molecule has 2 rings (SSSR count). The Kier molecular flexibility index (Phi) is 3.45. The molecule has 1 heterocycles. The van der Waals surface area contributed by atoms with E-state index in [1.807, 2.05) is 0 Å². The van der Waals surface area contributed by atoms with E-state index in [-0.39, 0.29) is 12.2 Å². The van der Waals surface area contributed by atoms with Crippen molar-refractivity contribution >= 4 is 11.6 Å². The number of nitrogens with zero attached hydrogens (tertiary/aromatic N) is 2. The first kappa shape index (κ1) is 12.1. The molecular weight excluding hydrogens is 243 g/mol. The van der Waals surface area contributed by atoms with Crippen molar-refractivity contribution in [3.63, 3.8) is 0 Å². The van der Waals surface area contributed by atoms with E-state index < -0.39 is 6.10 Å². The number of halogens is 2. The number of aryl methyl sites for hydroxylation is 1. The molecule has 1 N–H and O–H groups in total. The van der Waals surface area contributed by atoms with Crippen molar-refractivity contribution in [2.45, 2.75) is 12.5 Å². The van der Waals surface area contributed by atoms with Gasteiger partial charge in [0.1, 0.15) is 5.82 Å². The minimum atomic E-state index is -0.748. The molecule has 0 radical (unpaired) electrons. The van der Waals surface area contributed by atoms with Gasteiger partial charge in [-0.3, -0.25) is 0 Å². The molecule has 0 aliphatic rings. The van der Waals surface area contributed by atoms with Crippen LogP contribution in [0.1, 0.15) is 17.4 Å². The topological polar surface area (TPSA) is 38.0 Å². The molecule has 0 fully saturated rings. The molecule has 0 spiro atoms. The van der Waals surface area contributed by atoms with Crippen LogP contribution in [0, 0.1) is 5.82 Å². The smallest absolute Gasteiger partial charge is 0.123 e. The summed E-state index contributed by atoms with van der Waals surface area (Å²) < 4.78 is 14.8. The second-order valence-corrected chi connectivity index (χ2v) is 4.29. The van der Waals surface area contributed by atoms with Crippen LogP contribution >= 0.6 is 11.6 Å². The zero-order valence-corrected chi connectivity index (χ0v) is 10.0. The first-order valence-corrected chi connectivity index (χ1v) is 5.54. The van der Waals surface area contributed by atoms with Gasteiger partial charge in [0.25, 0.3) is 0 Å². The van der Waals surface area contributed by atoms with Crippen LogP contribution in [0.5, 0.6) is 0 Å². The maximum Gasteiger partial charge on any atom is 0.123 e. The lowest BCUT2D eigenvalue weighted by molar-refractivity contribution is 0.170. The molecule has 0 amide bonds. The van der Waals surface area contributed by atoms with E-state index in [0.29, 0.717) is 16.3 Å². The Morgan fingerprint density at radius 1 is 1.53 bits per heavy atom. The van der Waals surface area contributed by atoms with Gasteiger partial charge < -0.3 is 9.67 Å². The number of aliphatic hydroxyl groups excluding tert-OH is 1. The van der Waals surface area contributed by atoms with Crippen molar-refractivity contribution in [1.82, 2.24) is 9.55 Å². The Labute approximate surface area is 103 Å². The number of benzene rings is 1. The van der Waals surface area contributed by atoms with Gasteiger partial charge in [-0.2, -0.15) is 0 Å². The van der Waals surface area contributed by atoms with Crippen molar-refractivity contribution < 1.29 is 9.50 Å². The predicted octanol–water partition coefficient (Wildman–Crippen LogP) is 2.49. The Bertz CT molecular complexity index is 527. The van der Waals surface area contributed by atoms with E-state index in [1.165, 1.54) is 18.2 Å². The minimum Gasteiger partial charge on any atom is -0.386 e. The highest BCUT2D eigenvalue weighted by Gasteiger charge is 2.14. The van der Waals surface area contributed by atoms with Crippen molar-refractivity contribution in [2.24, 2.45) is 7.05 Å². The van der Waals surface area contributed by atoms with Gasteiger partial charge in [-0.05, 0) is 23.8 Å². The summed E-state index contributed by atoms with van der Waals surface area (Å²) in [5.74, 6) is -0.360. The summed E-state index contributed by atoms with van der Waals surface area (Å²) in [5.41, 5.74) is 1.26. The first-order valence-electron chi connectivity index (χ1n) is 5.16. The molecule has 3 nitrogen and oxygen atoms in total. The van der Waals surface area contributed by atoms with Crippen LogP contribution < -0.4 is 0 Å². The normalized spacial score (nSPS) is 12.7. The second kappa shape index (κ2) is 4.85. The summed E-state index contributed by atoms with van der Waals surface area (Å²) >= 11 is 5.94. The third kappa shape index (κ3) is 2.65. The quantitative estimate of drug-likeness (QED) is 0.914. The molecule has 0 aliphatic heterocycles. The molecule has 2 aromatic rings. The standard InChI is InChI=1S/C12H12ClFN2O/c1-16-7-15-6-11(16)12(17)5-8-4-9(14)2-3-10(8)13/h2-4,6-7,12,17H,5H2,1H3. The molecule has 5 heteroatoms. The molecule has 1 unspecified atom stereocenters. The highest BCUT2D eigenvalue weighted by molar-refractivity contribution is 6.31. The summed E-state index contributed by atoms with van der Waals surface area (Å²) in [4.78, 5) is 3.92. The molecule has 1 atom stereocenters. The average molecular weight is 255 g/mol. The van der Waals surface area contributed by atoms with Gasteiger partial charge in [-0.25, -0.2) is 9.37 Å². The SMILES string of the molecule is Cn1cncc1C(O)Cc1cc(F)ccc1Cl. The van der Waals surface area contributed by atoms with Crippen LogP contribution in [0.4, 0.5) is 4.39 Å². The number of aromatic nitrogens is 2. The average Bonchev–Trinajstić information content (AvgIpc) is 2.70. The van der Waals surface area contributed by atoms with Gasteiger partial charge >= 0.3 is 0 Å². The monoisotopic (exact) mass is 254 g/mol. The molecule has 0 aliphatic carbocycles. The lowest BCUT2D eigenvalue weighted by atomic mass is 10.1. The van der Waals surface area contributed by atoms with Gasteiger partial charge in [0.2, 0.25) is 0 Å². The van der Waals surface area contributed by atoms with E-state index in [1.54, 1.807) is 24.1 Å². The predicted molar refractivity (Wildman–Crippen MR) is 63.3 cm³/mol. The third-order valence-corrected chi connectivity index (χ3v) is 2.99. The maximum atomic E-state index is 13.1. The van der Waals surface area contributed by atoms with Gasteiger partial charge in [-0.15, -0.1) is 0 Å². The molecule has 90 valence electrons. The summed E-state index contributed by atoms with van der Waals surface area (Å²) in [6.07, 6.45) is 2.70. The summed E-state index contributed by atoms with van der Waals surface area (Å²) in [7, 11) is 1.79. The summed E-state index contributed by atoms with van der Waals surface area (Å²) in [6, 6.07) is 4.12. The van der Waals surface area contributed by atoms with Crippen molar-refractivity contribution in [3.05, 3.63) is 52.8 Å².